The van der Waals surface area contributed by atoms with Crippen LogP contribution in [0.4, 0.5) is 0 Å². The van der Waals surface area contributed by atoms with Crippen molar-refractivity contribution >= 4 is 11.3 Å². The van der Waals surface area contributed by atoms with Crippen molar-refractivity contribution in [1.29, 1.82) is 0 Å². The molecule has 2 atom stereocenters. The Morgan fingerprint density at radius 3 is 2.64 bits per heavy atom. The number of nitrogens with zero attached hydrogens (tertiary/aromatic N) is 1. The van der Waals surface area contributed by atoms with Gasteiger partial charge in [-0.2, -0.15) is 0 Å². The molecule has 0 amide bonds. The van der Waals surface area contributed by atoms with Gasteiger partial charge >= 0.3 is 0 Å². The minimum Gasteiger partial charge on any atom is -0.389 e. The Morgan fingerprint density at radius 2 is 2.07 bits per heavy atom. The van der Waals surface area contributed by atoms with Crippen molar-refractivity contribution in [2.75, 3.05) is 19.6 Å². The maximum Gasteiger partial charge on any atom is 0.0938 e. The maximum atomic E-state index is 9.34. The summed E-state index contributed by atoms with van der Waals surface area (Å²) in [5, 5.41) is 20.7. The molecule has 2 heterocycles. The number of β-amino-alcohol motifs (C(OH)–C–C–N with tert-alkyl or cyclic N) is 2. The topological polar surface area (TPSA) is 43.7 Å². The predicted octanol–water partition coefficient (Wildman–Crippen LogP) is 0.328. The van der Waals surface area contributed by atoms with E-state index < -0.39 is 12.2 Å². The highest BCUT2D eigenvalue weighted by Gasteiger charge is 2.28. The fourth-order valence-electron chi connectivity index (χ4n) is 1.75. The molecule has 1 fully saturated rings. The van der Waals surface area contributed by atoms with E-state index in [2.05, 4.69) is 16.3 Å². The third-order valence-corrected chi connectivity index (χ3v) is 3.53. The van der Waals surface area contributed by atoms with E-state index in [9.17, 15) is 10.2 Å². The summed E-state index contributed by atoms with van der Waals surface area (Å²) in [6, 6.07) is 4.17. The van der Waals surface area contributed by atoms with E-state index in [0.29, 0.717) is 13.1 Å². The van der Waals surface area contributed by atoms with Gasteiger partial charge in [0.05, 0.1) is 12.2 Å². The highest BCUT2D eigenvalue weighted by Crippen LogP contribution is 2.13. The number of hydrogen-bond donors (Lipinski definition) is 2. The van der Waals surface area contributed by atoms with Gasteiger partial charge in [-0.3, -0.25) is 4.90 Å². The monoisotopic (exact) mass is 213 g/mol. The molecular formula is C10H15NO2S. The van der Waals surface area contributed by atoms with Crippen LogP contribution in [0.3, 0.4) is 0 Å². The van der Waals surface area contributed by atoms with Gasteiger partial charge in [0, 0.05) is 24.5 Å². The molecule has 0 aromatic carbocycles. The number of aliphatic hydroxyl groups is 2. The minimum absolute atomic E-state index is 0.557. The zero-order chi connectivity index (χ0) is 9.97. The van der Waals surface area contributed by atoms with Crippen molar-refractivity contribution in [3.63, 3.8) is 0 Å². The molecule has 0 bridgehead atoms. The van der Waals surface area contributed by atoms with Crippen LogP contribution in [0.15, 0.2) is 17.5 Å². The average Bonchev–Trinajstić information content (AvgIpc) is 2.74. The van der Waals surface area contributed by atoms with Crippen LogP contribution in [0.1, 0.15) is 4.88 Å². The van der Waals surface area contributed by atoms with E-state index in [4.69, 9.17) is 0 Å². The van der Waals surface area contributed by atoms with Crippen molar-refractivity contribution < 1.29 is 10.2 Å². The van der Waals surface area contributed by atoms with Gasteiger partial charge in [0.1, 0.15) is 0 Å². The lowest BCUT2D eigenvalue weighted by Gasteiger charge is -2.13. The van der Waals surface area contributed by atoms with Crippen LogP contribution in [-0.2, 0) is 6.42 Å². The van der Waals surface area contributed by atoms with Crippen LogP contribution >= 0.6 is 11.3 Å². The minimum atomic E-state index is -0.557. The summed E-state index contributed by atoms with van der Waals surface area (Å²) >= 11 is 1.76. The molecule has 2 rings (SSSR count). The Hall–Kier alpha value is -0.420. The summed E-state index contributed by atoms with van der Waals surface area (Å²) in [6.07, 6.45) is -0.103. The van der Waals surface area contributed by atoms with Crippen molar-refractivity contribution in [3.8, 4) is 0 Å². The normalized spacial score (nSPS) is 28.4. The van der Waals surface area contributed by atoms with Crippen LogP contribution in [-0.4, -0.2) is 47.0 Å². The second-order valence-corrected chi connectivity index (χ2v) is 4.76. The average molecular weight is 213 g/mol. The number of aliphatic hydroxyl groups excluding tert-OH is 2. The SMILES string of the molecule is OC1CN(CCc2cccs2)CC1O. The van der Waals surface area contributed by atoms with Gasteiger partial charge in [0.15, 0.2) is 0 Å². The van der Waals surface area contributed by atoms with Crippen molar-refractivity contribution in [2.24, 2.45) is 0 Å². The Kier molecular flexibility index (Phi) is 3.18. The molecule has 78 valence electrons. The first-order valence-corrected chi connectivity index (χ1v) is 5.74. The zero-order valence-electron chi connectivity index (χ0n) is 7.97. The summed E-state index contributed by atoms with van der Waals surface area (Å²) in [7, 11) is 0. The van der Waals surface area contributed by atoms with E-state index in [-0.39, 0.29) is 0 Å². The summed E-state index contributed by atoms with van der Waals surface area (Å²) in [5.74, 6) is 0. The summed E-state index contributed by atoms with van der Waals surface area (Å²) in [4.78, 5) is 3.47. The lowest BCUT2D eigenvalue weighted by atomic mass is 10.3. The Bertz CT molecular complexity index is 266. The predicted molar refractivity (Wildman–Crippen MR) is 56.5 cm³/mol. The highest BCUT2D eigenvalue weighted by molar-refractivity contribution is 7.09. The number of likely N-dealkylation sites (tertiary alicyclic amines) is 1. The molecule has 0 saturated carbocycles. The third kappa shape index (κ3) is 2.33. The van der Waals surface area contributed by atoms with Crippen LogP contribution in [0.5, 0.6) is 0 Å². The van der Waals surface area contributed by atoms with E-state index in [1.165, 1.54) is 4.88 Å². The molecule has 2 unspecified atom stereocenters. The quantitative estimate of drug-likeness (QED) is 0.760. The molecule has 1 aromatic rings. The fraction of sp³-hybridized carbons (Fsp3) is 0.600. The smallest absolute Gasteiger partial charge is 0.0938 e. The molecule has 2 N–H and O–H groups in total. The Labute approximate surface area is 87.6 Å². The van der Waals surface area contributed by atoms with Gasteiger partial charge in [-0.25, -0.2) is 0 Å². The maximum absolute atomic E-state index is 9.34. The van der Waals surface area contributed by atoms with Crippen molar-refractivity contribution in [3.05, 3.63) is 22.4 Å². The van der Waals surface area contributed by atoms with E-state index in [1.54, 1.807) is 11.3 Å². The molecule has 0 radical (unpaired) electrons. The molecule has 14 heavy (non-hydrogen) atoms. The zero-order valence-corrected chi connectivity index (χ0v) is 8.78. The van der Waals surface area contributed by atoms with Crippen LogP contribution < -0.4 is 0 Å². The number of hydrogen-bond acceptors (Lipinski definition) is 4. The van der Waals surface area contributed by atoms with Crippen molar-refractivity contribution in [1.82, 2.24) is 4.90 Å². The van der Waals surface area contributed by atoms with Gasteiger partial charge in [-0.1, -0.05) is 6.07 Å². The first-order chi connectivity index (χ1) is 6.75. The van der Waals surface area contributed by atoms with Crippen molar-refractivity contribution in [2.45, 2.75) is 18.6 Å². The van der Waals surface area contributed by atoms with Gasteiger partial charge in [-0.15, -0.1) is 11.3 Å². The third-order valence-electron chi connectivity index (χ3n) is 2.59. The summed E-state index contributed by atoms with van der Waals surface area (Å²) in [5.41, 5.74) is 0. The van der Waals surface area contributed by atoms with Gasteiger partial charge in [0.2, 0.25) is 0 Å². The molecule has 1 aliphatic heterocycles. The Balaban J connectivity index is 1.77. The Morgan fingerprint density at radius 1 is 1.36 bits per heavy atom. The fourth-order valence-corrected chi connectivity index (χ4v) is 2.45. The summed E-state index contributed by atoms with van der Waals surface area (Å²) < 4.78 is 0. The number of rotatable bonds is 3. The van der Waals surface area contributed by atoms with Gasteiger partial charge in [0.25, 0.3) is 0 Å². The standard InChI is InChI=1S/C10H15NO2S/c12-9-6-11(7-10(9)13)4-3-8-2-1-5-14-8/h1-2,5,9-10,12-13H,3-4,6-7H2. The molecule has 0 aliphatic carbocycles. The molecule has 1 aromatic heterocycles. The molecule has 3 nitrogen and oxygen atoms in total. The number of thiophene rings is 1. The second-order valence-electron chi connectivity index (χ2n) is 3.72. The molecule has 0 spiro atoms. The van der Waals surface area contributed by atoms with Gasteiger partial charge in [-0.05, 0) is 17.9 Å². The first-order valence-electron chi connectivity index (χ1n) is 4.86. The van der Waals surface area contributed by atoms with Crippen LogP contribution in [0.2, 0.25) is 0 Å². The molecule has 1 saturated heterocycles. The van der Waals surface area contributed by atoms with E-state index >= 15 is 0 Å². The summed E-state index contributed by atoms with van der Waals surface area (Å²) in [6.45, 7) is 2.13. The van der Waals surface area contributed by atoms with Crippen LogP contribution in [0.25, 0.3) is 0 Å². The highest BCUT2D eigenvalue weighted by atomic mass is 32.1. The lowest BCUT2D eigenvalue weighted by Crippen LogP contribution is -2.24. The first kappa shape index (κ1) is 10.1. The second kappa shape index (κ2) is 4.40. The molecule has 1 aliphatic rings. The van der Waals surface area contributed by atoms with Crippen LogP contribution in [0, 0.1) is 0 Å². The molecular weight excluding hydrogens is 198 g/mol. The molecule has 4 heteroatoms. The van der Waals surface area contributed by atoms with E-state index in [0.717, 1.165) is 13.0 Å². The van der Waals surface area contributed by atoms with E-state index in [1.807, 2.05) is 6.07 Å². The lowest BCUT2D eigenvalue weighted by molar-refractivity contribution is 0.0572. The van der Waals surface area contributed by atoms with Gasteiger partial charge < -0.3 is 10.2 Å². The largest absolute Gasteiger partial charge is 0.389 e.